The Bertz CT molecular complexity index is 1070. The van der Waals surface area contributed by atoms with Crippen LogP contribution < -0.4 is 10.3 Å². The summed E-state index contributed by atoms with van der Waals surface area (Å²) in [6.45, 7) is 10.1. The SMILES string of the molecule is CC.CC(C)(C)OCNc1cc(C(Sc2ccc(Cl)cc2)c2cc(F)ccc2OF)c(Br)cn1.CO. The predicted molar refractivity (Wildman–Crippen MR) is 148 cm³/mol. The van der Waals surface area contributed by atoms with Gasteiger partial charge >= 0.3 is 0 Å². The number of hydrogen-bond donors (Lipinski definition) is 2. The number of aliphatic hydroxyl groups excluding tert-OH is 1. The number of hydrogen-bond acceptors (Lipinski definition) is 6. The largest absolute Gasteiger partial charge is 0.400 e. The minimum atomic E-state index is -0.515. The van der Waals surface area contributed by atoms with E-state index in [1.807, 2.05) is 52.8 Å². The topological polar surface area (TPSA) is 63.6 Å². The normalized spacial score (nSPS) is 11.4. The second-order valence-corrected chi connectivity index (χ2v) is 10.3. The van der Waals surface area contributed by atoms with Crippen LogP contribution in [0.2, 0.25) is 5.02 Å². The van der Waals surface area contributed by atoms with E-state index >= 15 is 0 Å². The van der Waals surface area contributed by atoms with Crippen molar-refractivity contribution >= 4 is 45.1 Å². The molecule has 0 aliphatic carbocycles. The van der Waals surface area contributed by atoms with Gasteiger partial charge in [0.15, 0.2) is 5.75 Å². The molecule has 5 nitrogen and oxygen atoms in total. The third kappa shape index (κ3) is 10.2. The summed E-state index contributed by atoms with van der Waals surface area (Å²) < 4.78 is 33.9. The van der Waals surface area contributed by atoms with Crippen LogP contribution in [0.3, 0.4) is 0 Å². The lowest BCUT2D eigenvalue weighted by Crippen LogP contribution is -2.23. The van der Waals surface area contributed by atoms with Crippen LogP contribution >= 0.6 is 39.3 Å². The third-order valence-corrected chi connectivity index (χ3v) is 6.53. The van der Waals surface area contributed by atoms with E-state index in [0.29, 0.717) is 20.9 Å². The molecule has 1 atom stereocenters. The molecule has 0 saturated carbocycles. The standard InChI is InChI=1S/C23H22BrClF2N2O2S.C2H6.CH4O/c1-23(2,3)30-13-29-21-11-17(19(24)12-28-21)22(32-16-7-4-14(25)5-8-16)18-10-15(26)6-9-20(18)31-27;2*1-2/h4-12,22H,13H2,1-3H3,(H,28,29);1-2H3;2H,1H3. The Balaban J connectivity index is 0.00000154. The van der Waals surface area contributed by atoms with Gasteiger partial charge in [0.25, 0.3) is 0 Å². The number of aliphatic hydroxyl groups is 1. The Morgan fingerprint density at radius 1 is 1.08 bits per heavy atom. The zero-order valence-electron chi connectivity index (χ0n) is 21.1. The van der Waals surface area contributed by atoms with Gasteiger partial charge in [0.2, 0.25) is 0 Å². The minimum absolute atomic E-state index is 0.0628. The quantitative estimate of drug-likeness (QED) is 0.198. The number of nitrogens with one attached hydrogen (secondary N) is 1. The Kier molecular flexibility index (Phi) is 14.3. The predicted octanol–water partition coefficient (Wildman–Crippen LogP) is 8.60. The second kappa shape index (κ2) is 16.0. The van der Waals surface area contributed by atoms with Gasteiger partial charge < -0.3 is 15.2 Å². The summed E-state index contributed by atoms with van der Waals surface area (Å²) in [4.78, 5) is 9.30. The highest BCUT2D eigenvalue weighted by Crippen LogP contribution is 2.47. The monoisotopic (exact) mass is 604 g/mol. The fraction of sp³-hybridized carbons (Fsp3) is 0.346. The molecular weight excluding hydrogens is 574 g/mol. The number of pyridine rings is 1. The number of rotatable bonds is 8. The summed E-state index contributed by atoms with van der Waals surface area (Å²) in [5.41, 5.74) is 0.783. The lowest BCUT2D eigenvalue weighted by molar-refractivity contribution is -0.00733. The van der Waals surface area contributed by atoms with Crippen LogP contribution in [-0.4, -0.2) is 29.5 Å². The maximum atomic E-state index is 14.2. The maximum absolute atomic E-state index is 14.2. The van der Waals surface area contributed by atoms with E-state index in [4.69, 9.17) is 21.4 Å². The number of nitrogens with zero attached hydrogens (tertiary/aromatic N) is 1. The first-order valence-electron chi connectivity index (χ1n) is 11.1. The first-order chi connectivity index (χ1) is 17.2. The van der Waals surface area contributed by atoms with E-state index in [1.54, 1.807) is 18.3 Å². The Morgan fingerprint density at radius 3 is 2.31 bits per heavy atom. The number of thioether (sulfide) groups is 1. The van der Waals surface area contributed by atoms with Crippen LogP contribution in [0.25, 0.3) is 0 Å². The van der Waals surface area contributed by atoms with Crippen molar-refractivity contribution in [3.05, 3.63) is 81.2 Å². The summed E-state index contributed by atoms with van der Waals surface area (Å²) >= 11 is 11.0. The molecule has 0 amide bonds. The fourth-order valence-electron chi connectivity index (χ4n) is 2.82. The zero-order valence-corrected chi connectivity index (χ0v) is 24.3. The van der Waals surface area contributed by atoms with Gasteiger partial charge in [0.05, 0.1) is 10.9 Å². The van der Waals surface area contributed by atoms with Crippen molar-refractivity contribution in [2.75, 3.05) is 19.2 Å². The molecule has 1 unspecified atom stereocenters. The van der Waals surface area contributed by atoms with Crippen LogP contribution in [-0.2, 0) is 4.74 Å². The van der Waals surface area contributed by atoms with E-state index in [0.717, 1.165) is 23.6 Å². The molecule has 0 bridgehead atoms. The fourth-order valence-corrected chi connectivity index (χ4v) is 4.74. The lowest BCUT2D eigenvalue weighted by Gasteiger charge is -2.22. The average Bonchev–Trinajstić information content (AvgIpc) is 2.86. The number of benzene rings is 2. The molecule has 198 valence electrons. The van der Waals surface area contributed by atoms with Crippen molar-refractivity contribution in [3.8, 4) is 5.75 Å². The van der Waals surface area contributed by atoms with Gasteiger partial charge in [-0.25, -0.2) is 9.37 Å². The Morgan fingerprint density at radius 2 is 1.72 bits per heavy atom. The van der Waals surface area contributed by atoms with Crippen molar-refractivity contribution in [3.63, 3.8) is 0 Å². The Hall–Kier alpha value is -1.91. The van der Waals surface area contributed by atoms with Crippen molar-refractivity contribution < 1.29 is 23.7 Å². The number of ether oxygens (including phenoxy) is 1. The molecule has 0 fully saturated rings. The van der Waals surface area contributed by atoms with Crippen molar-refractivity contribution in [2.45, 2.75) is 50.4 Å². The van der Waals surface area contributed by atoms with E-state index in [2.05, 4.69) is 31.2 Å². The van der Waals surface area contributed by atoms with Crippen LogP contribution in [0, 0.1) is 5.82 Å². The molecule has 2 aromatic carbocycles. The van der Waals surface area contributed by atoms with Crippen LogP contribution in [0.15, 0.2) is 64.1 Å². The molecule has 0 spiro atoms. The van der Waals surface area contributed by atoms with Gasteiger partial charge in [-0.1, -0.05) is 25.4 Å². The van der Waals surface area contributed by atoms with Crippen molar-refractivity contribution in [1.29, 1.82) is 0 Å². The number of aromatic nitrogens is 1. The third-order valence-electron chi connectivity index (χ3n) is 4.33. The van der Waals surface area contributed by atoms with Crippen LogP contribution in [0.4, 0.5) is 14.7 Å². The first-order valence-corrected chi connectivity index (χ1v) is 13.2. The molecule has 3 rings (SSSR count). The van der Waals surface area contributed by atoms with Gasteiger partial charge in [-0.05, 0) is 90.8 Å². The molecular formula is C26H32BrClF2N2O3S. The van der Waals surface area contributed by atoms with E-state index in [1.165, 1.54) is 23.9 Å². The average molecular weight is 606 g/mol. The maximum Gasteiger partial charge on any atom is 0.176 e. The molecule has 36 heavy (non-hydrogen) atoms. The summed E-state index contributed by atoms with van der Waals surface area (Å²) in [7, 11) is 1.00. The van der Waals surface area contributed by atoms with Crippen LogP contribution in [0.5, 0.6) is 5.75 Å². The lowest BCUT2D eigenvalue weighted by atomic mass is 10.0. The highest BCUT2D eigenvalue weighted by Gasteiger charge is 2.24. The molecule has 3 aromatic rings. The van der Waals surface area contributed by atoms with Crippen molar-refractivity contribution in [1.82, 2.24) is 4.98 Å². The Labute approximate surface area is 229 Å². The van der Waals surface area contributed by atoms with Crippen LogP contribution in [0.1, 0.15) is 51.0 Å². The highest BCUT2D eigenvalue weighted by molar-refractivity contribution is 9.10. The molecule has 0 saturated heterocycles. The number of anilines is 1. The summed E-state index contributed by atoms with van der Waals surface area (Å²) in [6, 6.07) is 12.7. The molecule has 1 aromatic heterocycles. The second-order valence-electron chi connectivity index (χ2n) is 7.88. The molecule has 0 aliphatic rings. The molecule has 0 aliphatic heterocycles. The summed E-state index contributed by atoms with van der Waals surface area (Å²) in [5, 5.41) is 10.2. The van der Waals surface area contributed by atoms with Gasteiger partial charge in [-0.15, -0.1) is 11.8 Å². The van der Waals surface area contributed by atoms with E-state index in [-0.39, 0.29) is 18.1 Å². The first kappa shape index (κ1) is 32.1. The zero-order chi connectivity index (χ0) is 27.3. The van der Waals surface area contributed by atoms with Gasteiger partial charge in [-0.3, -0.25) is 4.94 Å². The van der Waals surface area contributed by atoms with E-state index < -0.39 is 11.1 Å². The summed E-state index contributed by atoms with van der Waals surface area (Å²) in [6.07, 6.45) is 1.64. The molecule has 1 heterocycles. The summed E-state index contributed by atoms with van der Waals surface area (Å²) in [5.74, 6) is 0.00466. The van der Waals surface area contributed by atoms with E-state index in [9.17, 15) is 8.92 Å². The molecule has 0 radical (unpaired) electrons. The number of halogens is 4. The van der Waals surface area contributed by atoms with Gasteiger partial charge in [0, 0.05) is 37.8 Å². The molecule has 2 N–H and O–H groups in total. The smallest absolute Gasteiger partial charge is 0.176 e. The highest BCUT2D eigenvalue weighted by atomic mass is 79.9. The van der Waals surface area contributed by atoms with Gasteiger partial charge in [0.1, 0.15) is 18.4 Å². The molecule has 10 heteroatoms. The van der Waals surface area contributed by atoms with Crippen molar-refractivity contribution in [2.24, 2.45) is 0 Å². The van der Waals surface area contributed by atoms with Gasteiger partial charge in [-0.2, -0.15) is 0 Å². The minimum Gasteiger partial charge on any atom is -0.400 e.